The van der Waals surface area contributed by atoms with Gasteiger partial charge in [-0.15, -0.1) is 0 Å². The van der Waals surface area contributed by atoms with Crippen molar-refractivity contribution in [1.82, 2.24) is 20.3 Å². The molecule has 0 aliphatic heterocycles. The number of nitrogens with one attached hydrogen (secondary N) is 1. The van der Waals surface area contributed by atoms with Crippen LogP contribution in [0.2, 0.25) is 0 Å². The van der Waals surface area contributed by atoms with Crippen LogP contribution in [0.1, 0.15) is 47.9 Å². The van der Waals surface area contributed by atoms with E-state index >= 15 is 0 Å². The molecule has 0 radical (unpaired) electrons. The molecule has 0 unspecified atom stereocenters. The third-order valence-corrected chi connectivity index (χ3v) is 4.80. The van der Waals surface area contributed by atoms with Crippen LogP contribution in [-0.4, -0.2) is 32.1 Å². The highest BCUT2D eigenvalue weighted by molar-refractivity contribution is 5.76. The van der Waals surface area contributed by atoms with Crippen LogP contribution in [0, 0.1) is 19.8 Å². The summed E-state index contributed by atoms with van der Waals surface area (Å²) < 4.78 is 6.87. The minimum Gasteiger partial charge on any atom is -0.393 e. The third-order valence-electron chi connectivity index (χ3n) is 4.80. The molecule has 1 saturated carbocycles. The molecular formula is C17H24N4O3. The van der Waals surface area contributed by atoms with E-state index < -0.39 is 0 Å². The molecule has 0 aromatic carbocycles. The van der Waals surface area contributed by atoms with Crippen LogP contribution in [0.5, 0.6) is 0 Å². The number of hydrogen-bond donors (Lipinski definition) is 2. The van der Waals surface area contributed by atoms with Gasteiger partial charge in [-0.2, -0.15) is 5.10 Å². The van der Waals surface area contributed by atoms with Crippen molar-refractivity contribution in [3.8, 4) is 0 Å². The van der Waals surface area contributed by atoms with Gasteiger partial charge in [-0.1, -0.05) is 5.16 Å². The quantitative estimate of drug-likeness (QED) is 0.838. The Hall–Kier alpha value is -2.15. The molecule has 130 valence electrons. The van der Waals surface area contributed by atoms with Crippen LogP contribution in [0.15, 0.2) is 16.9 Å². The maximum absolute atomic E-state index is 12.4. The minimum atomic E-state index is -0.256. The van der Waals surface area contributed by atoms with Crippen LogP contribution in [0.3, 0.4) is 0 Å². The monoisotopic (exact) mass is 332 g/mol. The minimum absolute atomic E-state index is 0.00903. The van der Waals surface area contributed by atoms with Gasteiger partial charge in [0.2, 0.25) is 5.91 Å². The Labute approximate surface area is 141 Å². The molecule has 2 heterocycles. The maximum atomic E-state index is 12.4. The fraction of sp³-hybridized carbons (Fsp3) is 0.588. The number of carbonyl (C=O) groups is 1. The number of rotatable bonds is 6. The van der Waals surface area contributed by atoms with Crippen LogP contribution in [0.4, 0.5) is 0 Å². The molecule has 2 N–H and O–H groups in total. The summed E-state index contributed by atoms with van der Waals surface area (Å²) in [6, 6.07) is -0.0979. The van der Waals surface area contributed by atoms with Crippen LogP contribution >= 0.6 is 0 Å². The predicted molar refractivity (Wildman–Crippen MR) is 87.1 cm³/mol. The summed E-state index contributed by atoms with van der Waals surface area (Å²) in [6.45, 7) is 3.75. The van der Waals surface area contributed by atoms with E-state index in [0.717, 1.165) is 22.6 Å². The van der Waals surface area contributed by atoms with E-state index in [1.807, 2.05) is 27.1 Å². The molecule has 3 rings (SSSR count). The lowest BCUT2D eigenvalue weighted by atomic mass is 9.75. The van der Waals surface area contributed by atoms with Crippen molar-refractivity contribution in [1.29, 1.82) is 0 Å². The summed E-state index contributed by atoms with van der Waals surface area (Å²) in [7, 11) is 1.86. The van der Waals surface area contributed by atoms with Crippen LogP contribution in [0.25, 0.3) is 0 Å². The molecule has 2 aromatic rings. The highest BCUT2D eigenvalue weighted by Gasteiger charge is 2.36. The van der Waals surface area contributed by atoms with Gasteiger partial charge in [0.1, 0.15) is 5.76 Å². The molecule has 0 saturated heterocycles. The number of aromatic nitrogens is 3. The molecule has 1 aliphatic carbocycles. The first-order valence-corrected chi connectivity index (χ1v) is 8.31. The van der Waals surface area contributed by atoms with Gasteiger partial charge in [0.25, 0.3) is 0 Å². The van der Waals surface area contributed by atoms with E-state index in [0.29, 0.717) is 25.7 Å². The molecule has 24 heavy (non-hydrogen) atoms. The van der Waals surface area contributed by atoms with Crippen molar-refractivity contribution in [2.75, 3.05) is 0 Å². The Morgan fingerprint density at radius 2 is 2.25 bits per heavy atom. The van der Waals surface area contributed by atoms with Gasteiger partial charge in [0.05, 0.1) is 24.0 Å². The van der Waals surface area contributed by atoms with Gasteiger partial charge in [0, 0.05) is 30.8 Å². The van der Waals surface area contributed by atoms with Gasteiger partial charge >= 0.3 is 0 Å². The zero-order valence-electron chi connectivity index (χ0n) is 14.3. The van der Waals surface area contributed by atoms with Crippen molar-refractivity contribution in [3.05, 3.63) is 35.0 Å². The van der Waals surface area contributed by atoms with Gasteiger partial charge in [-0.3, -0.25) is 9.48 Å². The van der Waals surface area contributed by atoms with E-state index in [-0.39, 0.29) is 24.0 Å². The first-order valence-electron chi connectivity index (χ1n) is 8.31. The summed E-state index contributed by atoms with van der Waals surface area (Å²) in [5.74, 6) is 1.02. The number of hydrogen-bond acceptors (Lipinski definition) is 5. The van der Waals surface area contributed by atoms with Crippen molar-refractivity contribution in [2.24, 2.45) is 13.0 Å². The molecule has 1 atom stereocenters. The number of nitrogens with zero attached hydrogens (tertiary/aromatic N) is 3. The standard InChI is InChI=1S/C17H24N4O3/c1-10-15(11(2)24-20-10)4-5-16(23)19-17(12-6-14(22)7-12)13-8-18-21(3)9-13/h8-9,12,14,17,22H,4-7H2,1-3H3,(H,19,23)/t12?,14?,17-/m0/s1. The van der Waals surface area contributed by atoms with Crippen LogP contribution in [-0.2, 0) is 18.3 Å². The molecule has 7 nitrogen and oxygen atoms in total. The molecule has 2 aromatic heterocycles. The molecule has 0 spiro atoms. The second kappa shape index (κ2) is 6.76. The summed E-state index contributed by atoms with van der Waals surface area (Å²) in [4.78, 5) is 12.4. The largest absolute Gasteiger partial charge is 0.393 e. The molecule has 1 fully saturated rings. The fourth-order valence-corrected chi connectivity index (χ4v) is 3.32. The number of aliphatic hydroxyl groups is 1. The zero-order chi connectivity index (χ0) is 17.3. The topological polar surface area (TPSA) is 93.2 Å². The number of carbonyl (C=O) groups excluding carboxylic acids is 1. The van der Waals surface area contributed by atoms with E-state index in [2.05, 4.69) is 15.6 Å². The Bertz CT molecular complexity index is 696. The van der Waals surface area contributed by atoms with Gasteiger partial charge in [0.15, 0.2) is 0 Å². The van der Waals surface area contributed by atoms with Crippen molar-refractivity contribution < 1.29 is 14.4 Å². The van der Waals surface area contributed by atoms with Gasteiger partial charge < -0.3 is 14.9 Å². The molecule has 1 amide bonds. The Kier molecular flexibility index (Phi) is 4.71. The summed E-state index contributed by atoms with van der Waals surface area (Å²) >= 11 is 0. The smallest absolute Gasteiger partial charge is 0.220 e. The second-order valence-corrected chi connectivity index (χ2v) is 6.68. The summed E-state index contributed by atoms with van der Waals surface area (Å²) in [6.07, 6.45) is 5.87. The van der Waals surface area contributed by atoms with Crippen molar-refractivity contribution >= 4 is 5.91 Å². The predicted octanol–water partition coefficient (Wildman–Crippen LogP) is 1.59. The molecule has 0 bridgehead atoms. The van der Waals surface area contributed by atoms with E-state index in [9.17, 15) is 9.90 Å². The van der Waals surface area contributed by atoms with E-state index in [4.69, 9.17) is 4.52 Å². The molecular weight excluding hydrogens is 308 g/mol. The summed E-state index contributed by atoms with van der Waals surface area (Å²) in [5, 5.41) is 20.8. The lowest BCUT2D eigenvalue weighted by Gasteiger charge is -2.37. The average Bonchev–Trinajstić information content (AvgIpc) is 3.06. The highest BCUT2D eigenvalue weighted by atomic mass is 16.5. The first kappa shape index (κ1) is 16.7. The van der Waals surface area contributed by atoms with Gasteiger partial charge in [-0.25, -0.2) is 0 Å². The first-order chi connectivity index (χ1) is 11.4. The average molecular weight is 332 g/mol. The van der Waals surface area contributed by atoms with E-state index in [1.54, 1.807) is 10.9 Å². The van der Waals surface area contributed by atoms with Crippen molar-refractivity contribution in [2.45, 2.75) is 51.7 Å². The maximum Gasteiger partial charge on any atom is 0.220 e. The molecule has 7 heteroatoms. The van der Waals surface area contributed by atoms with E-state index in [1.165, 1.54) is 0 Å². The summed E-state index contributed by atoms with van der Waals surface area (Å²) in [5.41, 5.74) is 2.83. The number of amides is 1. The highest BCUT2D eigenvalue weighted by Crippen LogP contribution is 2.38. The lowest BCUT2D eigenvalue weighted by Crippen LogP contribution is -2.41. The number of aryl methyl sites for hydroxylation is 3. The fourth-order valence-electron chi connectivity index (χ4n) is 3.32. The number of aliphatic hydroxyl groups excluding tert-OH is 1. The second-order valence-electron chi connectivity index (χ2n) is 6.68. The van der Waals surface area contributed by atoms with Gasteiger partial charge in [-0.05, 0) is 39.0 Å². The Morgan fingerprint density at radius 1 is 1.50 bits per heavy atom. The Morgan fingerprint density at radius 3 is 2.79 bits per heavy atom. The molecule has 1 aliphatic rings. The van der Waals surface area contributed by atoms with Crippen LogP contribution < -0.4 is 5.32 Å². The SMILES string of the molecule is Cc1noc(C)c1CCC(=O)N[C@H](c1cnn(C)c1)C1CC(O)C1. The zero-order valence-corrected chi connectivity index (χ0v) is 14.3. The third kappa shape index (κ3) is 3.51. The van der Waals surface area contributed by atoms with Crippen molar-refractivity contribution in [3.63, 3.8) is 0 Å². The Balaban J connectivity index is 1.63. The lowest BCUT2D eigenvalue weighted by molar-refractivity contribution is -0.123. The normalized spacial score (nSPS) is 21.3.